The van der Waals surface area contributed by atoms with Gasteiger partial charge in [-0.15, -0.1) is 5.54 Å². The molecule has 0 aliphatic rings. The summed E-state index contributed by atoms with van der Waals surface area (Å²) in [6.07, 6.45) is 1.00. The predicted molar refractivity (Wildman–Crippen MR) is 106 cm³/mol. The highest BCUT2D eigenvalue weighted by molar-refractivity contribution is 6.84. The summed E-state index contributed by atoms with van der Waals surface area (Å²) in [5.41, 5.74) is 4.46. The van der Waals surface area contributed by atoms with Crippen molar-refractivity contribution >= 4 is 21.9 Å². The quantitative estimate of drug-likeness (QED) is 0.569. The number of nitrogens with zero attached hydrogens (tertiary/aromatic N) is 1. The molecule has 1 aromatic rings. The molecule has 0 heterocycles. The van der Waals surface area contributed by atoms with Gasteiger partial charge in [0.15, 0.2) is 0 Å². The van der Waals surface area contributed by atoms with E-state index in [0.29, 0.717) is 0 Å². The molecule has 0 saturated carbocycles. The first-order valence-electron chi connectivity index (χ1n) is 8.33. The van der Waals surface area contributed by atoms with Crippen molar-refractivity contribution in [1.82, 2.24) is 4.90 Å². The summed E-state index contributed by atoms with van der Waals surface area (Å²) in [7, 11) is -2.82. The van der Waals surface area contributed by atoms with Crippen LogP contribution in [0.5, 0.6) is 0 Å². The lowest BCUT2D eigenvalue weighted by atomic mass is 10.1. The molecule has 0 unspecified atom stereocenters. The van der Waals surface area contributed by atoms with E-state index < -0.39 is 16.1 Å². The molecule has 0 amide bonds. The van der Waals surface area contributed by atoms with Gasteiger partial charge in [-0.1, -0.05) is 69.6 Å². The molecule has 23 heavy (non-hydrogen) atoms. The number of carbonyl (C=O) groups is 1. The molecule has 0 bridgehead atoms. The van der Waals surface area contributed by atoms with E-state index in [2.05, 4.69) is 79.9 Å². The summed E-state index contributed by atoms with van der Waals surface area (Å²) in [4.78, 5) is 14.8. The van der Waals surface area contributed by atoms with Gasteiger partial charge in [-0.3, -0.25) is 9.69 Å². The van der Waals surface area contributed by atoms with E-state index in [9.17, 15) is 4.79 Å². The van der Waals surface area contributed by atoms with Gasteiger partial charge in [0.2, 0.25) is 5.78 Å². The normalized spacial score (nSPS) is 13.4. The van der Waals surface area contributed by atoms with Gasteiger partial charge >= 0.3 is 0 Å². The van der Waals surface area contributed by atoms with E-state index in [4.69, 9.17) is 0 Å². The Bertz CT molecular complexity index is 573. The molecule has 4 heteroatoms. The van der Waals surface area contributed by atoms with Crippen molar-refractivity contribution in [3.05, 3.63) is 35.9 Å². The molecule has 1 atom stereocenters. The number of rotatable bonds is 6. The number of Topliss-reactive ketones (excluding diaryl/α,β-unsaturated/α-hetero) is 1. The fourth-order valence-corrected chi connectivity index (χ4v) is 4.38. The van der Waals surface area contributed by atoms with Crippen LogP contribution in [0.2, 0.25) is 39.3 Å². The first kappa shape index (κ1) is 19.9. The zero-order chi connectivity index (χ0) is 17.7. The molecule has 1 rings (SSSR count). The summed E-state index contributed by atoms with van der Waals surface area (Å²) in [5.74, 6) is 2.98. The van der Waals surface area contributed by atoms with Crippen LogP contribution in [-0.2, 0) is 11.3 Å². The summed E-state index contributed by atoms with van der Waals surface area (Å²) in [5, 5.41) is 0. The third kappa shape index (κ3) is 8.31. The number of hydrogen-bond acceptors (Lipinski definition) is 2. The van der Waals surface area contributed by atoms with E-state index in [1.807, 2.05) is 13.0 Å². The van der Waals surface area contributed by atoms with Crippen LogP contribution in [0, 0.1) is 11.5 Å². The van der Waals surface area contributed by atoms with Crippen molar-refractivity contribution in [2.24, 2.45) is 0 Å². The fraction of sp³-hybridized carbons (Fsp3) is 0.526. The second-order valence-electron chi connectivity index (χ2n) is 8.49. The van der Waals surface area contributed by atoms with Crippen molar-refractivity contribution in [1.29, 1.82) is 0 Å². The van der Waals surface area contributed by atoms with E-state index in [0.717, 1.165) is 12.7 Å². The lowest BCUT2D eigenvalue weighted by Crippen LogP contribution is -2.47. The van der Waals surface area contributed by atoms with Crippen LogP contribution >= 0.6 is 0 Å². The van der Waals surface area contributed by atoms with Crippen LogP contribution in [-0.4, -0.2) is 39.0 Å². The van der Waals surface area contributed by atoms with Crippen molar-refractivity contribution in [3.8, 4) is 11.5 Å². The van der Waals surface area contributed by atoms with Crippen LogP contribution in [0.3, 0.4) is 0 Å². The molecule has 0 fully saturated rings. The smallest absolute Gasteiger partial charge is 0.221 e. The maximum absolute atomic E-state index is 12.5. The van der Waals surface area contributed by atoms with E-state index >= 15 is 0 Å². The Hall–Kier alpha value is -1.16. The van der Waals surface area contributed by atoms with Gasteiger partial charge in [0.05, 0.1) is 14.1 Å². The van der Waals surface area contributed by atoms with Crippen molar-refractivity contribution in [2.45, 2.75) is 58.8 Å². The average molecular weight is 346 g/mol. The van der Waals surface area contributed by atoms with Crippen LogP contribution in [0.1, 0.15) is 12.5 Å². The first-order chi connectivity index (χ1) is 10.5. The maximum atomic E-state index is 12.5. The molecule has 0 aromatic heterocycles. The largest absolute Gasteiger partial charge is 0.291 e. The van der Waals surface area contributed by atoms with Crippen molar-refractivity contribution in [3.63, 3.8) is 0 Å². The molecule has 0 aliphatic carbocycles. The maximum Gasteiger partial charge on any atom is 0.221 e. The molecule has 2 nitrogen and oxygen atoms in total. The molecule has 126 valence electrons. The van der Waals surface area contributed by atoms with Gasteiger partial charge in [-0.25, -0.2) is 0 Å². The summed E-state index contributed by atoms with van der Waals surface area (Å²) in [6.45, 7) is 16.4. The molecule has 1 aromatic carbocycles. The van der Waals surface area contributed by atoms with Crippen LogP contribution in [0.4, 0.5) is 0 Å². The second-order valence-corrected chi connectivity index (χ2v) is 18.7. The summed E-state index contributed by atoms with van der Waals surface area (Å²) >= 11 is 0. The van der Waals surface area contributed by atoms with E-state index in [-0.39, 0.29) is 11.8 Å². The van der Waals surface area contributed by atoms with Gasteiger partial charge in [0.1, 0.15) is 8.07 Å². The second kappa shape index (κ2) is 8.09. The molecular formula is C19H31NOSi2. The zero-order valence-corrected chi connectivity index (χ0v) is 17.7. The summed E-state index contributed by atoms with van der Waals surface area (Å²) < 4.78 is 0. The van der Waals surface area contributed by atoms with Crippen LogP contribution in [0.15, 0.2) is 30.3 Å². The van der Waals surface area contributed by atoms with Crippen molar-refractivity contribution in [2.75, 3.05) is 6.17 Å². The third-order valence-corrected chi connectivity index (χ3v) is 5.62. The predicted octanol–water partition coefficient (Wildman–Crippen LogP) is 4.20. The Morgan fingerprint density at radius 2 is 1.65 bits per heavy atom. The number of ketones is 1. The van der Waals surface area contributed by atoms with E-state index in [1.54, 1.807) is 0 Å². The van der Waals surface area contributed by atoms with Gasteiger partial charge in [-0.2, -0.15) is 0 Å². The summed E-state index contributed by atoms with van der Waals surface area (Å²) in [6, 6.07) is 10.2. The molecule has 0 radical (unpaired) electrons. The van der Waals surface area contributed by atoms with Crippen molar-refractivity contribution < 1.29 is 4.79 Å². The highest BCUT2D eigenvalue weighted by Crippen LogP contribution is 2.14. The third-order valence-electron chi connectivity index (χ3n) is 3.39. The Balaban J connectivity index is 2.94. The van der Waals surface area contributed by atoms with Gasteiger partial charge in [0, 0.05) is 6.54 Å². The molecule has 0 spiro atoms. The monoisotopic (exact) mass is 345 g/mol. The fourth-order valence-electron chi connectivity index (χ4n) is 2.28. The SMILES string of the molecule is C[C@@H](C(=O)C#C[Si](C)(C)C)N(Cc1ccccc1)C[Si](C)(C)C. The van der Waals surface area contributed by atoms with Gasteiger partial charge < -0.3 is 0 Å². The Morgan fingerprint density at radius 1 is 1.09 bits per heavy atom. The van der Waals surface area contributed by atoms with Crippen LogP contribution < -0.4 is 0 Å². The van der Waals surface area contributed by atoms with Gasteiger partial charge in [-0.05, 0) is 24.6 Å². The van der Waals surface area contributed by atoms with E-state index in [1.165, 1.54) is 5.56 Å². The molecule has 0 N–H and O–H groups in total. The van der Waals surface area contributed by atoms with Gasteiger partial charge in [0.25, 0.3) is 0 Å². The minimum Gasteiger partial charge on any atom is -0.291 e. The standard InChI is InChI=1S/C19H31NOSi2/c1-17(19(21)13-14-22(2,3)4)20(16-23(5,6)7)15-18-11-9-8-10-12-18/h8-12,17H,15-16H2,1-7H3/t17-/m0/s1. The number of benzene rings is 1. The number of hydrogen-bond donors (Lipinski definition) is 0. The number of carbonyl (C=O) groups excluding carboxylic acids is 1. The molecule has 0 aliphatic heterocycles. The lowest BCUT2D eigenvalue weighted by Gasteiger charge is -2.32. The molecule has 0 saturated heterocycles. The minimum atomic E-state index is -1.51. The highest BCUT2D eigenvalue weighted by Gasteiger charge is 2.26. The van der Waals surface area contributed by atoms with Crippen LogP contribution in [0.25, 0.3) is 0 Å². The Labute approximate surface area is 144 Å². The molecular weight excluding hydrogens is 314 g/mol. The Morgan fingerprint density at radius 3 is 2.13 bits per heavy atom. The topological polar surface area (TPSA) is 20.3 Å². The highest BCUT2D eigenvalue weighted by atomic mass is 28.3. The minimum absolute atomic E-state index is 0.0570. The first-order valence-corrected chi connectivity index (χ1v) is 15.5. The average Bonchev–Trinajstić information content (AvgIpc) is 2.42. The lowest BCUT2D eigenvalue weighted by molar-refractivity contribution is -0.118. The Kier molecular flexibility index (Phi) is 7.00. The zero-order valence-electron chi connectivity index (χ0n) is 15.7.